The van der Waals surface area contributed by atoms with E-state index in [1.54, 1.807) is 0 Å². The smallest absolute Gasteiger partial charge is 0.480 e. The third-order valence-corrected chi connectivity index (χ3v) is 3.79. The first-order valence-corrected chi connectivity index (χ1v) is 8.24. The van der Waals surface area contributed by atoms with E-state index in [2.05, 4.69) is 10.6 Å². The summed E-state index contributed by atoms with van der Waals surface area (Å²) in [6.45, 7) is 5.27. The summed E-state index contributed by atoms with van der Waals surface area (Å²) >= 11 is 0. The molecule has 0 spiro atoms. The average molecular weight is 418 g/mol. The van der Waals surface area contributed by atoms with Gasteiger partial charge >= 0.3 is 18.1 Å². The highest BCUT2D eigenvalue weighted by atomic mass is 19.4. The molecule has 0 aliphatic carbocycles. The van der Waals surface area contributed by atoms with Crippen molar-refractivity contribution in [2.45, 2.75) is 57.9 Å². The van der Waals surface area contributed by atoms with Crippen LogP contribution in [0.15, 0.2) is 12.2 Å². The van der Waals surface area contributed by atoms with E-state index in [1.165, 1.54) is 6.92 Å². The normalized spacial score (nSPS) is 22.7. The molecule has 0 unspecified atom stereocenters. The summed E-state index contributed by atoms with van der Waals surface area (Å²) in [4.78, 5) is 31.3. The lowest BCUT2D eigenvalue weighted by molar-refractivity contribution is -0.192. The Labute approximate surface area is 158 Å². The summed E-state index contributed by atoms with van der Waals surface area (Å²) in [6.07, 6.45) is -5.45. The van der Waals surface area contributed by atoms with Crippen LogP contribution in [-0.2, 0) is 14.4 Å². The van der Waals surface area contributed by atoms with Crippen LogP contribution in [0.3, 0.4) is 0 Å². The predicted molar refractivity (Wildman–Crippen MR) is 87.5 cm³/mol. The minimum absolute atomic E-state index is 0.0888. The van der Waals surface area contributed by atoms with Crippen molar-refractivity contribution < 1.29 is 46.5 Å². The molecule has 1 rings (SSSR count). The molecule has 1 amide bonds. The number of carbonyl (C=O) groups is 3. The van der Waals surface area contributed by atoms with Crippen LogP contribution >= 0.6 is 0 Å². The number of amides is 1. The van der Waals surface area contributed by atoms with Crippen LogP contribution in [0.1, 0.15) is 33.6 Å². The first-order valence-electron chi connectivity index (χ1n) is 8.24. The number of aliphatic carboxylic acids is 2. The van der Waals surface area contributed by atoms with E-state index in [4.69, 9.17) is 15.0 Å². The highest BCUT2D eigenvalue weighted by molar-refractivity contribution is 5.75. The molecule has 4 atom stereocenters. The fraction of sp³-hybridized carbons (Fsp3) is 0.688. The van der Waals surface area contributed by atoms with Gasteiger partial charge in [-0.2, -0.15) is 22.0 Å². The van der Waals surface area contributed by atoms with Gasteiger partial charge in [-0.05, 0) is 24.8 Å². The summed E-state index contributed by atoms with van der Waals surface area (Å²) in [5.74, 6) is -4.46. The minimum atomic E-state index is -5.08. The molecule has 0 bridgehead atoms. The Balaban J connectivity index is 0.000000887. The van der Waals surface area contributed by atoms with Crippen LogP contribution < -0.4 is 10.6 Å². The maximum atomic E-state index is 12.6. The monoisotopic (exact) mass is 418 g/mol. The van der Waals surface area contributed by atoms with Gasteiger partial charge in [0.05, 0.1) is 0 Å². The van der Waals surface area contributed by atoms with E-state index in [1.807, 2.05) is 13.8 Å². The zero-order valence-electron chi connectivity index (χ0n) is 15.4. The Kier molecular flexibility index (Phi) is 10.1. The molecule has 0 aromatic rings. The molecule has 0 radical (unpaired) electrons. The number of nitrogens with one attached hydrogen (secondary N) is 2. The van der Waals surface area contributed by atoms with Gasteiger partial charge in [0, 0.05) is 24.9 Å². The fourth-order valence-corrected chi connectivity index (χ4v) is 2.83. The highest BCUT2D eigenvalue weighted by Gasteiger charge is 2.41. The Bertz CT molecular complexity index is 590. The zero-order valence-corrected chi connectivity index (χ0v) is 15.4. The first kappa shape index (κ1) is 25.8. The molecule has 0 aromatic carbocycles. The number of hydrogen-bond acceptors (Lipinski definition) is 4. The maximum absolute atomic E-state index is 12.6. The summed E-state index contributed by atoms with van der Waals surface area (Å²) in [7, 11) is 0. The van der Waals surface area contributed by atoms with Gasteiger partial charge in [-0.3, -0.25) is 14.9 Å². The standard InChI is InChI=1S/C14H22F2N2O3.C2HF3O2/c1-7(2)4-10(17-8(3)19)13-9(6-12(15)16)5-11(18-13)14(20)21;3-2(4,5)1(6)7/h6-7,9-11,13,18H,4-5H2,1-3H3,(H,17,19)(H,20,21);(H,6,7)/t9-,10-,11+,13+;/m0./s1. The Morgan fingerprint density at radius 3 is 2.04 bits per heavy atom. The molecular weight excluding hydrogens is 395 g/mol. The van der Waals surface area contributed by atoms with Gasteiger partial charge in [-0.15, -0.1) is 0 Å². The van der Waals surface area contributed by atoms with Gasteiger partial charge < -0.3 is 15.5 Å². The Hall–Kier alpha value is -2.24. The lowest BCUT2D eigenvalue weighted by Crippen LogP contribution is -2.51. The number of rotatable bonds is 6. The minimum Gasteiger partial charge on any atom is -0.480 e. The molecule has 0 saturated carbocycles. The van der Waals surface area contributed by atoms with E-state index >= 15 is 0 Å². The summed E-state index contributed by atoms with van der Waals surface area (Å²) in [5.41, 5.74) is 0. The van der Waals surface area contributed by atoms with E-state index in [-0.39, 0.29) is 24.3 Å². The Morgan fingerprint density at radius 2 is 1.71 bits per heavy atom. The van der Waals surface area contributed by atoms with Gasteiger partial charge in [0.2, 0.25) is 5.91 Å². The van der Waals surface area contributed by atoms with Gasteiger partial charge in [0.25, 0.3) is 6.08 Å². The van der Waals surface area contributed by atoms with Gasteiger partial charge in [-0.25, -0.2) is 4.79 Å². The summed E-state index contributed by atoms with van der Waals surface area (Å²) in [5, 5.41) is 21.8. The number of carbonyl (C=O) groups excluding carboxylic acids is 1. The number of alkyl halides is 3. The highest BCUT2D eigenvalue weighted by Crippen LogP contribution is 2.28. The van der Waals surface area contributed by atoms with Crippen LogP contribution in [0, 0.1) is 11.8 Å². The van der Waals surface area contributed by atoms with Gasteiger partial charge in [0.1, 0.15) is 6.04 Å². The molecule has 7 nitrogen and oxygen atoms in total. The van der Waals surface area contributed by atoms with E-state index < -0.39 is 42.2 Å². The second-order valence-corrected chi connectivity index (χ2v) is 6.68. The quantitative estimate of drug-likeness (QED) is 0.493. The SMILES string of the molecule is CC(=O)N[C@@H](CC(C)C)[C@@H]1N[C@@H](C(=O)O)C[C@H]1C=C(F)F.O=C(O)C(F)(F)F. The topological polar surface area (TPSA) is 116 Å². The molecule has 4 N–H and O–H groups in total. The van der Waals surface area contributed by atoms with Crippen molar-refractivity contribution >= 4 is 17.8 Å². The van der Waals surface area contributed by atoms with Crippen molar-refractivity contribution in [3.63, 3.8) is 0 Å². The van der Waals surface area contributed by atoms with E-state index in [0.717, 1.165) is 6.08 Å². The third kappa shape index (κ3) is 9.62. The summed E-state index contributed by atoms with van der Waals surface area (Å²) in [6, 6.07) is -1.77. The van der Waals surface area contributed by atoms with E-state index in [9.17, 15) is 31.5 Å². The average Bonchev–Trinajstić information content (AvgIpc) is 2.88. The van der Waals surface area contributed by atoms with Crippen LogP contribution in [0.2, 0.25) is 0 Å². The lowest BCUT2D eigenvalue weighted by atomic mass is 9.89. The number of carboxylic acids is 2. The van der Waals surface area contributed by atoms with Crippen LogP contribution in [0.25, 0.3) is 0 Å². The number of halogens is 5. The van der Waals surface area contributed by atoms with Gasteiger partial charge in [0.15, 0.2) is 0 Å². The Morgan fingerprint density at radius 1 is 1.21 bits per heavy atom. The molecule has 162 valence electrons. The lowest BCUT2D eigenvalue weighted by Gasteiger charge is -2.29. The largest absolute Gasteiger partial charge is 0.490 e. The molecule has 1 saturated heterocycles. The second kappa shape index (κ2) is 10.9. The second-order valence-electron chi connectivity index (χ2n) is 6.68. The van der Waals surface area contributed by atoms with Crippen molar-refractivity contribution in [2.24, 2.45) is 11.8 Å². The zero-order chi connectivity index (χ0) is 22.2. The van der Waals surface area contributed by atoms with E-state index in [0.29, 0.717) is 6.42 Å². The molecule has 1 fully saturated rings. The maximum Gasteiger partial charge on any atom is 0.490 e. The van der Waals surface area contributed by atoms with Crippen LogP contribution in [0.4, 0.5) is 22.0 Å². The van der Waals surface area contributed by atoms with Crippen molar-refractivity contribution in [1.29, 1.82) is 0 Å². The predicted octanol–water partition coefficient (Wildman–Crippen LogP) is 2.38. The van der Waals surface area contributed by atoms with Crippen LogP contribution in [0.5, 0.6) is 0 Å². The van der Waals surface area contributed by atoms with Crippen molar-refractivity contribution in [3.8, 4) is 0 Å². The van der Waals surface area contributed by atoms with Crippen LogP contribution in [-0.4, -0.2) is 52.4 Å². The molecule has 1 aliphatic rings. The summed E-state index contributed by atoms with van der Waals surface area (Å²) < 4.78 is 56.9. The van der Waals surface area contributed by atoms with Crippen molar-refractivity contribution in [1.82, 2.24) is 10.6 Å². The molecule has 0 aromatic heterocycles. The number of carboxylic acid groups (broad SMARTS) is 2. The fourth-order valence-electron chi connectivity index (χ4n) is 2.83. The molecule has 1 heterocycles. The van der Waals surface area contributed by atoms with Crippen molar-refractivity contribution in [3.05, 3.63) is 12.2 Å². The molecule has 1 aliphatic heterocycles. The van der Waals surface area contributed by atoms with Crippen molar-refractivity contribution in [2.75, 3.05) is 0 Å². The number of hydrogen-bond donors (Lipinski definition) is 4. The van der Waals surface area contributed by atoms with Gasteiger partial charge in [-0.1, -0.05) is 13.8 Å². The third-order valence-electron chi connectivity index (χ3n) is 3.79. The molecule has 28 heavy (non-hydrogen) atoms. The first-order chi connectivity index (χ1) is 12.6. The molecular formula is C16H23F5N2O5. The molecule has 12 heteroatoms.